The third-order valence-electron chi connectivity index (χ3n) is 3.56. The molecule has 0 spiro atoms. The van der Waals surface area contributed by atoms with Crippen molar-refractivity contribution in [1.82, 2.24) is 20.1 Å². The van der Waals surface area contributed by atoms with Crippen molar-refractivity contribution < 1.29 is 4.79 Å². The van der Waals surface area contributed by atoms with E-state index in [2.05, 4.69) is 20.1 Å². The summed E-state index contributed by atoms with van der Waals surface area (Å²) in [6, 6.07) is 3.82. The molecule has 0 saturated carbocycles. The van der Waals surface area contributed by atoms with Crippen LogP contribution in [0.4, 0.5) is 0 Å². The zero-order valence-corrected chi connectivity index (χ0v) is 12.4. The Morgan fingerprint density at radius 2 is 2.25 bits per heavy atom. The lowest BCUT2D eigenvalue weighted by Gasteiger charge is -2.07. The molecule has 0 saturated heterocycles. The molecule has 0 bridgehead atoms. The minimum Gasteiger partial charge on any atom is -0.344 e. The van der Waals surface area contributed by atoms with Gasteiger partial charge < -0.3 is 9.88 Å². The average molecular weight is 290 g/mol. The maximum atomic E-state index is 12.0. The van der Waals surface area contributed by atoms with Crippen molar-refractivity contribution in [2.24, 2.45) is 0 Å². The molecule has 3 heterocycles. The van der Waals surface area contributed by atoms with E-state index >= 15 is 0 Å². The standard InChI is InChI=1S/C14H18N4OS/c1-10-6-7-11(20-10)14(19)15-9-13-17-16-12-5-3-2-4-8-18(12)13/h6-7H,2-5,8-9H2,1H3,(H,15,19). The molecule has 0 aromatic carbocycles. The van der Waals surface area contributed by atoms with Gasteiger partial charge in [0.15, 0.2) is 5.82 Å². The summed E-state index contributed by atoms with van der Waals surface area (Å²) in [6.07, 6.45) is 4.57. The fraction of sp³-hybridized carbons (Fsp3) is 0.500. The number of hydrogen-bond donors (Lipinski definition) is 1. The van der Waals surface area contributed by atoms with Gasteiger partial charge in [0.2, 0.25) is 0 Å². The maximum Gasteiger partial charge on any atom is 0.261 e. The number of fused-ring (bicyclic) bond motifs is 1. The number of aryl methyl sites for hydroxylation is 2. The molecule has 5 nitrogen and oxygen atoms in total. The lowest BCUT2D eigenvalue weighted by atomic mass is 10.2. The van der Waals surface area contributed by atoms with Crippen LogP contribution in [-0.2, 0) is 19.5 Å². The van der Waals surface area contributed by atoms with E-state index in [0.717, 1.165) is 40.8 Å². The molecule has 20 heavy (non-hydrogen) atoms. The van der Waals surface area contributed by atoms with Gasteiger partial charge in [-0.15, -0.1) is 21.5 Å². The second-order valence-corrected chi connectivity index (χ2v) is 6.38. The van der Waals surface area contributed by atoms with Crippen LogP contribution < -0.4 is 5.32 Å². The highest BCUT2D eigenvalue weighted by atomic mass is 32.1. The first-order valence-electron chi connectivity index (χ1n) is 6.99. The molecule has 0 fully saturated rings. The van der Waals surface area contributed by atoms with Crippen LogP contribution >= 0.6 is 11.3 Å². The predicted octanol–water partition coefficient (Wildman–Crippen LogP) is 2.30. The van der Waals surface area contributed by atoms with Crippen LogP contribution in [0.5, 0.6) is 0 Å². The van der Waals surface area contributed by atoms with Gasteiger partial charge in [-0.05, 0) is 31.9 Å². The third-order valence-corrected chi connectivity index (χ3v) is 4.56. The Kier molecular flexibility index (Phi) is 3.82. The van der Waals surface area contributed by atoms with Crippen LogP contribution in [0.15, 0.2) is 12.1 Å². The van der Waals surface area contributed by atoms with Gasteiger partial charge in [0.05, 0.1) is 11.4 Å². The van der Waals surface area contributed by atoms with Gasteiger partial charge in [0.1, 0.15) is 5.82 Å². The first-order chi connectivity index (χ1) is 9.74. The van der Waals surface area contributed by atoms with E-state index in [-0.39, 0.29) is 5.91 Å². The molecule has 2 aromatic rings. The van der Waals surface area contributed by atoms with Crippen molar-refractivity contribution in [2.45, 2.75) is 45.7 Å². The van der Waals surface area contributed by atoms with Crippen molar-refractivity contribution in [3.8, 4) is 0 Å². The number of rotatable bonds is 3. The monoisotopic (exact) mass is 290 g/mol. The molecule has 1 amide bonds. The van der Waals surface area contributed by atoms with E-state index in [9.17, 15) is 4.79 Å². The van der Waals surface area contributed by atoms with Gasteiger partial charge >= 0.3 is 0 Å². The summed E-state index contributed by atoms with van der Waals surface area (Å²) in [5, 5.41) is 11.4. The first-order valence-corrected chi connectivity index (χ1v) is 7.81. The topological polar surface area (TPSA) is 59.8 Å². The quantitative estimate of drug-likeness (QED) is 0.943. The summed E-state index contributed by atoms with van der Waals surface area (Å²) in [6.45, 7) is 3.41. The molecule has 0 aliphatic carbocycles. The van der Waals surface area contributed by atoms with Gasteiger partial charge in [-0.25, -0.2) is 0 Å². The number of aromatic nitrogens is 3. The number of nitrogens with zero attached hydrogens (tertiary/aromatic N) is 3. The molecule has 6 heteroatoms. The second-order valence-electron chi connectivity index (χ2n) is 5.09. The van der Waals surface area contributed by atoms with Gasteiger partial charge in [0.25, 0.3) is 5.91 Å². The first kappa shape index (κ1) is 13.3. The van der Waals surface area contributed by atoms with Crippen molar-refractivity contribution in [1.29, 1.82) is 0 Å². The molecule has 1 aliphatic rings. The number of nitrogens with one attached hydrogen (secondary N) is 1. The smallest absolute Gasteiger partial charge is 0.261 e. The minimum absolute atomic E-state index is 0.0333. The fourth-order valence-corrected chi connectivity index (χ4v) is 3.26. The SMILES string of the molecule is Cc1ccc(C(=O)NCc2nnc3n2CCCCC3)s1. The zero-order valence-electron chi connectivity index (χ0n) is 11.6. The largest absolute Gasteiger partial charge is 0.344 e. The summed E-state index contributed by atoms with van der Waals surface area (Å²) in [7, 11) is 0. The highest BCUT2D eigenvalue weighted by molar-refractivity contribution is 7.13. The molecule has 0 unspecified atom stereocenters. The van der Waals surface area contributed by atoms with Crippen molar-refractivity contribution in [3.63, 3.8) is 0 Å². The fourth-order valence-electron chi connectivity index (χ4n) is 2.48. The van der Waals surface area contributed by atoms with E-state index < -0.39 is 0 Å². The molecule has 0 atom stereocenters. The third kappa shape index (κ3) is 2.75. The normalized spacial score (nSPS) is 14.7. The van der Waals surface area contributed by atoms with Gasteiger partial charge in [-0.2, -0.15) is 0 Å². The zero-order chi connectivity index (χ0) is 13.9. The van der Waals surface area contributed by atoms with Crippen LogP contribution in [-0.4, -0.2) is 20.7 Å². The van der Waals surface area contributed by atoms with Crippen LogP contribution in [0, 0.1) is 6.92 Å². The van der Waals surface area contributed by atoms with Gasteiger partial charge in [0, 0.05) is 17.8 Å². The number of carbonyl (C=O) groups is 1. The van der Waals surface area contributed by atoms with E-state index in [1.54, 1.807) is 0 Å². The second kappa shape index (κ2) is 5.75. The van der Waals surface area contributed by atoms with Crippen LogP contribution in [0.2, 0.25) is 0 Å². The summed E-state index contributed by atoms with van der Waals surface area (Å²) in [5.74, 6) is 1.89. The molecular formula is C14H18N4OS. The maximum absolute atomic E-state index is 12.0. The average Bonchev–Trinajstić information content (AvgIpc) is 2.96. The van der Waals surface area contributed by atoms with Gasteiger partial charge in [-0.3, -0.25) is 4.79 Å². The molecule has 3 rings (SSSR count). The molecular weight excluding hydrogens is 272 g/mol. The molecule has 106 valence electrons. The number of thiophene rings is 1. The minimum atomic E-state index is -0.0333. The Hall–Kier alpha value is -1.69. The summed E-state index contributed by atoms with van der Waals surface area (Å²) >= 11 is 1.51. The Bertz CT molecular complexity index is 616. The molecule has 1 aliphatic heterocycles. The molecule has 2 aromatic heterocycles. The van der Waals surface area contributed by atoms with Gasteiger partial charge in [-0.1, -0.05) is 6.42 Å². The molecule has 0 radical (unpaired) electrons. The number of amides is 1. The van der Waals surface area contributed by atoms with E-state index in [0.29, 0.717) is 6.54 Å². The highest BCUT2D eigenvalue weighted by Gasteiger charge is 2.15. The highest BCUT2D eigenvalue weighted by Crippen LogP contribution is 2.16. The Balaban J connectivity index is 1.67. The van der Waals surface area contributed by atoms with E-state index in [1.807, 2.05) is 19.1 Å². The lowest BCUT2D eigenvalue weighted by molar-refractivity contribution is 0.0953. The molecule has 1 N–H and O–H groups in total. The van der Waals surface area contributed by atoms with Crippen molar-refractivity contribution >= 4 is 17.2 Å². The van der Waals surface area contributed by atoms with Crippen LogP contribution in [0.1, 0.15) is 45.5 Å². The summed E-state index contributed by atoms with van der Waals surface area (Å²) in [5.41, 5.74) is 0. The van der Waals surface area contributed by atoms with E-state index in [1.165, 1.54) is 24.2 Å². The van der Waals surface area contributed by atoms with E-state index in [4.69, 9.17) is 0 Å². The summed E-state index contributed by atoms with van der Waals surface area (Å²) in [4.78, 5) is 13.9. The Morgan fingerprint density at radius 1 is 1.35 bits per heavy atom. The predicted molar refractivity (Wildman–Crippen MR) is 77.8 cm³/mol. The Morgan fingerprint density at radius 3 is 3.05 bits per heavy atom. The number of hydrogen-bond acceptors (Lipinski definition) is 4. The lowest BCUT2D eigenvalue weighted by Crippen LogP contribution is -2.24. The van der Waals surface area contributed by atoms with Crippen molar-refractivity contribution in [3.05, 3.63) is 33.5 Å². The number of carbonyl (C=O) groups excluding carboxylic acids is 1. The summed E-state index contributed by atoms with van der Waals surface area (Å²) < 4.78 is 2.16. The Labute approximate surface area is 122 Å². The van der Waals surface area contributed by atoms with Crippen molar-refractivity contribution in [2.75, 3.05) is 0 Å². The van der Waals surface area contributed by atoms with Crippen LogP contribution in [0.3, 0.4) is 0 Å². The van der Waals surface area contributed by atoms with Crippen LogP contribution in [0.25, 0.3) is 0 Å².